The number of hydrogen-bond acceptors (Lipinski definition) is 6. The molecule has 0 radical (unpaired) electrons. The first-order chi connectivity index (χ1) is 14.1. The van der Waals surface area contributed by atoms with E-state index in [1.54, 1.807) is 22.9 Å². The Kier molecular flexibility index (Phi) is 4.86. The largest absolute Gasteiger partial charge is 0.493 e. The van der Waals surface area contributed by atoms with Crippen molar-refractivity contribution in [2.45, 2.75) is 13.5 Å². The van der Waals surface area contributed by atoms with Gasteiger partial charge in [0.15, 0.2) is 11.6 Å². The number of nitrogens with one attached hydrogen (secondary N) is 1. The molecule has 3 heterocycles. The van der Waals surface area contributed by atoms with Crippen molar-refractivity contribution in [1.29, 1.82) is 0 Å². The Morgan fingerprint density at radius 1 is 1.21 bits per heavy atom. The van der Waals surface area contributed by atoms with Crippen molar-refractivity contribution in [3.05, 3.63) is 48.7 Å². The Morgan fingerprint density at radius 2 is 2.00 bits per heavy atom. The zero-order valence-electron chi connectivity index (χ0n) is 15.8. The van der Waals surface area contributed by atoms with Crippen molar-refractivity contribution >= 4 is 23.3 Å². The van der Waals surface area contributed by atoms with E-state index in [4.69, 9.17) is 4.74 Å². The Bertz CT molecular complexity index is 1190. The van der Waals surface area contributed by atoms with E-state index in [0.717, 1.165) is 11.1 Å². The summed E-state index contributed by atoms with van der Waals surface area (Å²) in [5, 5.41) is 7.15. The predicted octanol–water partition coefficient (Wildman–Crippen LogP) is 3.29. The van der Waals surface area contributed by atoms with Crippen LogP contribution in [0.1, 0.15) is 6.92 Å². The Hall–Kier alpha value is -3.88. The van der Waals surface area contributed by atoms with Gasteiger partial charge in [0.05, 0.1) is 12.6 Å². The summed E-state index contributed by atoms with van der Waals surface area (Å²) in [5.41, 5.74) is 3.70. The topological polar surface area (TPSA) is 94.8 Å². The molecule has 0 spiro atoms. The van der Waals surface area contributed by atoms with E-state index < -0.39 is 0 Å². The molecule has 1 amide bonds. The highest BCUT2D eigenvalue weighted by Gasteiger charge is 2.19. The van der Waals surface area contributed by atoms with Crippen LogP contribution in [0.5, 0.6) is 5.75 Å². The molecule has 9 heteroatoms. The van der Waals surface area contributed by atoms with E-state index in [1.807, 2.05) is 13.1 Å². The standard InChI is InChI=1S/C20H17FN6O2/c1-3-27-9-14(17(26-27)12-4-6-13(21)7-5-12)18-19-15(22-10-23-18)8-16(29-2)20(25-19)24-11-28/h4-11H,3H2,1-2H3,(H,24,25,28). The molecule has 0 atom stereocenters. The summed E-state index contributed by atoms with van der Waals surface area (Å²) in [6.45, 7) is 2.62. The molecule has 4 rings (SSSR count). The minimum atomic E-state index is -0.323. The number of nitrogens with zero attached hydrogens (tertiary/aromatic N) is 5. The number of amides is 1. The first-order valence-electron chi connectivity index (χ1n) is 8.88. The lowest BCUT2D eigenvalue weighted by molar-refractivity contribution is -0.105. The molecule has 3 aromatic heterocycles. The van der Waals surface area contributed by atoms with Crippen molar-refractivity contribution in [3.8, 4) is 28.3 Å². The Labute approximate surface area is 165 Å². The van der Waals surface area contributed by atoms with E-state index in [9.17, 15) is 9.18 Å². The second-order valence-electron chi connectivity index (χ2n) is 6.15. The first kappa shape index (κ1) is 18.5. The number of aromatic nitrogens is 5. The van der Waals surface area contributed by atoms with Gasteiger partial charge >= 0.3 is 0 Å². The molecule has 0 aliphatic rings. The van der Waals surface area contributed by atoms with E-state index in [0.29, 0.717) is 41.1 Å². The number of rotatable bonds is 6. The lowest BCUT2D eigenvalue weighted by Crippen LogP contribution is -2.02. The van der Waals surface area contributed by atoms with Crippen molar-refractivity contribution in [2.24, 2.45) is 0 Å². The van der Waals surface area contributed by atoms with Crippen LogP contribution >= 0.6 is 0 Å². The van der Waals surface area contributed by atoms with Crippen LogP contribution in [0.15, 0.2) is 42.9 Å². The second-order valence-corrected chi connectivity index (χ2v) is 6.15. The van der Waals surface area contributed by atoms with Gasteiger partial charge in [-0.05, 0) is 31.2 Å². The highest BCUT2D eigenvalue weighted by Crippen LogP contribution is 2.35. The molecule has 0 fully saturated rings. The van der Waals surface area contributed by atoms with Crippen molar-refractivity contribution in [1.82, 2.24) is 24.7 Å². The van der Waals surface area contributed by atoms with Crippen molar-refractivity contribution in [3.63, 3.8) is 0 Å². The summed E-state index contributed by atoms with van der Waals surface area (Å²) in [4.78, 5) is 24.2. The molecule has 0 saturated heterocycles. The maximum absolute atomic E-state index is 13.4. The fraction of sp³-hybridized carbons (Fsp3) is 0.150. The first-order valence-corrected chi connectivity index (χ1v) is 8.88. The summed E-state index contributed by atoms with van der Waals surface area (Å²) >= 11 is 0. The zero-order valence-corrected chi connectivity index (χ0v) is 15.8. The van der Waals surface area contributed by atoms with Crippen LogP contribution in [-0.2, 0) is 11.3 Å². The average Bonchev–Trinajstić information content (AvgIpc) is 3.18. The molecule has 0 saturated carbocycles. The molecule has 8 nitrogen and oxygen atoms in total. The minimum Gasteiger partial charge on any atom is -0.493 e. The van der Waals surface area contributed by atoms with E-state index in [-0.39, 0.29) is 11.6 Å². The summed E-state index contributed by atoms with van der Waals surface area (Å²) < 4.78 is 20.4. The summed E-state index contributed by atoms with van der Waals surface area (Å²) in [6, 6.07) is 7.79. The Balaban J connectivity index is 1.97. The Morgan fingerprint density at radius 3 is 2.69 bits per heavy atom. The van der Waals surface area contributed by atoms with Gasteiger partial charge in [-0.15, -0.1) is 0 Å². The summed E-state index contributed by atoms with van der Waals surface area (Å²) in [5.74, 6) is 0.325. The van der Waals surface area contributed by atoms with Crippen LogP contribution in [0.4, 0.5) is 10.2 Å². The average molecular weight is 392 g/mol. The SMILES string of the molecule is CCn1cc(-c2ncnc3cc(OC)c(NC=O)nc23)c(-c2ccc(F)cc2)n1. The molecular weight excluding hydrogens is 375 g/mol. The van der Waals surface area contributed by atoms with Gasteiger partial charge in [0.25, 0.3) is 0 Å². The lowest BCUT2D eigenvalue weighted by Gasteiger charge is -2.10. The molecule has 146 valence electrons. The highest BCUT2D eigenvalue weighted by molar-refractivity contribution is 5.95. The highest BCUT2D eigenvalue weighted by atomic mass is 19.1. The van der Waals surface area contributed by atoms with Gasteiger partial charge in [-0.3, -0.25) is 9.48 Å². The number of methoxy groups -OCH3 is 1. The van der Waals surface area contributed by atoms with Crippen LogP contribution in [0, 0.1) is 5.82 Å². The normalized spacial score (nSPS) is 10.9. The van der Waals surface area contributed by atoms with Crippen LogP contribution in [0.25, 0.3) is 33.5 Å². The number of carbonyl (C=O) groups is 1. The fourth-order valence-corrected chi connectivity index (χ4v) is 3.06. The van der Waals surface area contributed by atoms with Gasteiger partial charge in [-0.2, -0.15) is 5.10 Å². The van der Waals surface area contributed by atoms with E-state index in [2.05, 4.69) is 25.4 Å². The van der Waals surface area contributed by atoms with Crippen molar-refractivity contribution < 1.29 is 13.9 Å². The number of fused-ring (bicyclic) bond motifs is 1. The van der Waals surface area contributed by atoms with E-state index in [1.165, 1.54) is 25.6 Å². The predicted molar refractivity (Wildman–Crippen MR) is 106 cm³/mol. The van der Waals surface area contributed by atoms with E-state index >= 15 is 0 Å². The molecule has 0 aliphatic carbocycles. The summed E-state index contributed by atoms with van der Waals surface area (Å²) in [7, 11) is 1.48. The number of halogens is 1. The molecule has 1 aromatic carbocycles. The molecular formula is C20H17FN6O2. The lowest BCUT2D eigenvalue weighted by atomic mass is 10.0. The van der Waals surface area contributed by atoms with Gasteiger partial charge in [0.1, 0.15) is 29.0 Å². The maximum atomic E-state index is 13.4. The van der Waals surface area contributed by atoms with Crippen molar-refractivity contribution in [2.75, 3.05) is 12.4 Å². The number of benzene rings is 1. The smallest absolute Gasteiger partial charge is 0.212 e. The number of ether oxygens (including phenoxy) is 1. The maximum Gasteiger partial charge on any atom is 0.212 e. The zero-order chi connectivity index (χ0) is 20.4. The number of aryl methyl sites for hydroxylation is 1. The van der Waals surface area contributed by atoms with Crippen LogP contribution < -0.4 is 10.1 Å². The van der Waals surface area contributed by atoms with Gasteiger partial charge in [-0.1, -0.05) is 0 Å². The van der Waals surface area contributed by atoms with Gasteiger partial charge in [0.2, 0.25) is 6.41 Å². The van der Waals surface area contributed by atoms with Gasteiger partial charge in [0, 0.05) is 29.9 Å². The third-order valence-corrected chi connectivity index (χ3v) is 4.45. The molecule has 4 aromatic rings. The molecule has 1 N–H and O–H groups in total. The molecule has 0 unspecified atom stereocenters. The van der Waals surface area contributed by atoms with Gasteiger partial charge in [-0.25, -0.2) is 19.3 Å². The number of pyridine rings is 1. The quantitative estimate of drug-likeness (QED) is 0.506. The molecule has 0 bridgehead atoms. The van der Waals surface area contributed by atoms with Crippen LogP contribution in [0.2, 0.25) is 0 Å². The third kappa shape index (κ3) is 3.38. The number of hydrogen-bond donors (Lipinski definition) is 1. The van der Waals surface area contributed by atoms with Gasteiger partial charge < -0.3 is 10.1 Å². The monoisotopic (exact) mass is 392 g/mol. The molecule has 29 heavy (non-hydrogen) atoms. The summed E-state index contributed by atoms with van der Waals surface area (Å²) in [6.07, 6.45) is 3.82. The second kappa shape index (κ2) is 7.63. The number of anilines is 1. The van der Waals surface area contributed by atoms with Crippen LogP contribution in [0.3, 0.4) is 0 Å². The third-order valence-electron chi connectivity index (χ3n) is 4.45. The fourth-order valence-electron chi connectivity index (χ4n) is 3.06. The number of carbonyl (C=O) groups excluding carboxylic acids is 1. The minimum absolute atomic E-state index is 0.261. The van der Waals surface area contributed by atoms with Crippen LogP contribution in [-0.4, -0.2) is 38.3 Å². The molecule has 0 aliphatic heterocycles.